The van der Waals surface area contributed by atoms with E-state index in [0.717, 1.165) is 35.5 Å². The molecule has 0 saturated carbocycles. The van der Waals surface area contributed by atoms with Gasteiger partial charge in [-0.3, -0.25) is 0 Å². The highest BCUT2D eigenvalue weighted by Crippen LogP contribution is 2.32. The standard InChI is InChI=1S/C12H14ClN3OS/c1-7(17)8-2-4-16(6-8)10-9-3-5-18-11(9)15-12(13)14-10/h3,5,7-8,17H,2,4,6H2,1H3. The molecule has 1 fully saturated rings. The largest absolute Gasteiger partial charge is 0.393 e. The molecule has 0 bridgehead atoms. The van der Waals surface area contributed by atoms with Gasteiger partial charge in [0, 0.05) is 19.0 Å². The molecule has 0 spiro atoms. The molecule has 6 heteroatoms. The Morgan fingerprint density at radius 2 is 2.39 bits per heavy atom. The molecule has 0 aliphatic carbocycles. The Balaban J connectivity index is 1.97. The minimum Gasteiger partial charge on any atom is -0.393 e. The van der Waals surface area contributed by atoms with E-state index in [1.54, 1.807) is 11.3 Å². The molecule has 1 aliphatic rings. The third kappa shape index (κ3) is 2.06. The quantitative estimate of drug-likeness (QED) is 0.861. The van der Waals surface area contributed by atoms with E-state index in [9.17, 15) is 5.11 Å². The van der Waals surface area contributed by atoms with Gasteiger partial charge in [0.05, 0.1) is 11.5 Å². The first kappa shape index (κ1) is 12.1. The maximum atomic E-state index is 9.66. The Labute approximate surface area is 114 Å². The van der Waals surface area contributed by atoms with Crippen LogP contribution in [0.4, 0.5) is 5.82 Å². The lowest BCUT2D eigenvalue weighted by Crippen LogP contribution is -2.24. The second-order valence-corrected chi connectivity index (χ2v) is 5.92. The van der Waals surface area contributed by atoms with Gasteiger partial charge in [-0.05, 0) is 36.4 Å². The van der Waals surface area contributed by atoms with Gasteiger partial charge in [0.15, 0.2) is 0 Å². The van der Waals surface area contributed by atoms with Gasteiger partial charge in [-0.2, -0.15) is 4.98 Å². The maximum absolute atomic E-state index is 9.66. The molecular formula is C12H14ClN3OS. The van der Waals surface area contributed by atoms with E-state index >= 15 is 0 Å². The van der Waals surface area contributed by atoms with E-state index in [0.29, 0.717) is 11.2 Å². The van der Waals surface area contributed by atoms with Crippen molar-refractivity contribution in [2.24, 2.45) is 5.92 Å². The van der Waals surface area contributed by atoms with Gasteiger partial charge in [0.1, 0.15) is 10.6 Å². The van der Waals surface area contributed by atoms with Crippen LogP contribution in [0.25, 0.3) is 10.2 Å². The average molecular weight is 284 g/mol. The van der Waals surface area contributed by atoms with E-state index in [2.05, 4.69) is 14.9 Å². The van der Waals surface area contributed by atoms with Crippen LogP contribution in [0, 0.1) is 5.92 Å². The highest BCUT2D eigenvalue weighted by Gasteiger charge is 2.28. The first-order valence-electron chi connectivity index (χ1n) is 5.99. The summed E-state index contributed by atoms with van der Waals surface area (Å²) >= 11 is 7.54. The second kappa shape index (κ2) is 4.64. The molecule has 4 nitrogen and oxygen atoms in total. The molecule has 2 aromatic rings. The number of aliphatic hydroxyl groups is 1. The van der Waals surface area contributed by atoms with Crippen molar-refractivity contribution in [2.45, 2.75) is 19.4 Å². The summed E-state index contributed by atoms with van der Waals surface area (Å²) < 4.78 is 0. The van der Waals surface area contributed by atoms with Crippen molar-refractivity contribution in [3.63, 3.8) is 0 Å². The third-order valence-corrected chi connectivity index (χ3v) is 4.46. The highest BCUT2D eigenvalue weighted by atomic mass is 35.5. The number of aromatic nitrogens is 2. The summed E-state index contributed by atoms with van der Waals surface area (Å²) in [4.78, 5) is 11.7. The topological polar surface area (TPSA) is 49.2 Å². The molecule has 96 valence electrons. The van der Waals surface area contributed by atoms with Gasteiger partial charge in [-0.25, -0.2) is 4.98 Å². The molecule has 3 rings (SSSR count). The number of hydrogen-bond acceptors (Lipinski definition) is 5. The van der Waals surface area contributed by atoms with Crippen LogP contribution in [0.5, 0.6) is 0 Å². The Morgan fingerprint density at radius 1 is 1.56 bits per heavy atom. The fraction of sp³-hybridized carbons (Fsp3) is 0.500. The van der Waals surface area contributed by atoms with Crippen LogP contribution in [0.1, 0.15) is 13.3 Å². The number of fused-ring (bicyclic) bond motifs is 1. The van der Waals surface area contributed by atoms with Crippen LogP contribution in [-0.2, 0) is 0 Å². The summed E-state index contributed by atoms with van der Waals surface area (Å²) in [7, 11) is 0. The Morgan fingerprint density at radius 3 is 3.11 bits per heavy atom. The predicted molar refractivity (Wildman–Crippen MR) is 74.4 cm³/mol. The summed E-state index contributed by atoms with van der Waals surface area (Å²) in [6.45, 7) is 3.59. The van der Waals surface area contributed by atoms with Gasteiger partial charge in [-0.15, -0.1) is 11.3 Å². The zero-order chi connectivity index (χ0) is 12.7. The van der Waals surface area contributed by atoms with Gasteiger partial charge in [-0.1, -0.05) is 0 Å². The Kier molecular flexibility index (Phi) is 3.13. The second-order valence-electron chi connectivity index (χ2n) is 4.69. The summed E-state index contributed by atoms with van der Waals surface area (Å²) in [5, 5.41) is 13.0. The van der Waals surface area contributed by atoms with Crippen LogP contribution in [-0.4, -0.2) is 34.3 Å². The predicted octanol–water partition coefficient (Wildman–Crippen LogP) is 2.55. The summed E-state index contributed by atoms with van der Waals surface area (Å²) in [6, 6.07) is 2.03. The minimum absolute atomic E-state index is 0.273. The molecule has 18 heavy (non-hydrogen) atoms. The number of anilines is 1. The molecule has 0 radical (unpaired) electrons. The zero-order valence-electron chi connectivity index (χ0n) is 10.0. The van der Waals surface area contributed by atoms with Gasteiger partial charge < -0.3 is 10.0 Å². The lowest BCUT2D eigenvalue weighted by molar-refractivity contribution is 0.136. The molecule has 2 unspecified atom stereocenters. The van der Waals surface area contributed by atoms with Crippen molar-refractivity contribution in [3.8, 4) is 0 Å². The average Bonchev–Trinajstić information content (AvgIpc) is 2.95. The first-order chi connectivity index (χ1) is 8.65. The van der Waals surface area contributed by atoms with Gasteiger partial charge >= 0.3 is 0 Å². The monoisotopic (exact) mass is 283 g/mol. The number of halogens is 1. The minimum atomic E-state index is -0.273. The number of aliphatic hydroxyl groups excluding tert-OH is 1. The molecule has 1 saturated heterocycles. The van der Waals surface area contributed by atoms with Crippen molar-refractivity contribution < 1.29 is 5.11 Å². The zero-order valence-corrected chi connectivity index (χ0v) is 11.6. The molecule has 2 atom stereocenters. The number of thiophene rings is 1. The summed E-state index contributed by atoms with van der Waals surface area (Å²) in [5.74, 6) is 1.21. The molecule has 0 amide bonds. The maximum Gasteiger partial charge on any atom is 0.225 e. The number of nitrogens with zero attached hydrogens (tertiary/aromatic N) is 3. The molecule has 1 aliphatic heterocycles. The summed E-state index contributed by atoms with van der Waals surface area (Å²) in [5.41, 5.74) is 0. The van der Waals surface area contributed by atoms with E-state index in [-0.39, 0.29) is 6.10 Å². The van der Waals surface area contributed by atoms with E-state index in [4.69, 9.17) is 11.6 Å². The van der Waals surface area contributed by atoms with Crippen LogP contribution >= 0.6 is 22.9 Å². The van der Waals surface area contributed by atoms with Crippen LogP contribution < -0.4 is 4.90 Å². The lowest BCUT2D eigenvalue weighted by atomic mass is 10.0. The summed E-state index contributed by atoms with van der Waals surface area (Å²) in [6.07, 6.45) is 0.718. The van der Waals surface area contributed by atoms with Crippen LogP contribution in [0.3, 0.4) is 0 Å². The van der Waals surface area contributed by atoms with E-state index in [1.807, 2.05) is 18.4 Å². The SMILES string of the molecule is CC(O)C1CCN(c2nc(Cl)nc3sccc23)C1. The molecule has 3 heterocycles. The van der Waals surface area contributed by atoms with Crippen LogP contribution in [0.2, 0.25) is 5.28 Å². The fourth-order valence-electron chi connectivity index (χ4n) is 2.43. The highest BCUT2D eigenvalue weighted by molar-refractivity contribution is 7.16. The molecule has 0 aromatic carbocycles. The number of hydrogen-bond donors (Lipinski definition) is 1. The Hall–Kier alpha value is -0.910. The van der Waals surface area contributed by atoms with Gasteiger partial charge in [0.2, 0.25) is 5.28 Å². The van der Waals surface area contributed by atoms with Crippen molar-refractivity contribution >= 4 is 39.0 Å². The van der Waals surface area contributed by atoms with Crippen molar-refractivity contribution in [3.05, 3.63) is 16.7 Å². The Bertz CT molecular complexity index is 571. The normalized spacial score (nSPS) is 21.7. The first-order valence-corrected chi connectivity index (χ1v) is 7.24. The number of rotatable bonds is 2. The smallest absolute Gasteiger partial charge is 0.225 e. The lowest BCUT2D eigenvalue weighted by Gasteiger charge is -2.19. The van der Waals surface area contributed by atoms with E-state index < -0.39 is 0 Å². The fourth-order valence-corrected chi connectivity index (χ4v) is 3.40. The third-order valence-electron chi connectivity index (χ3n) is 3.48. The molecular weight excluding hydrogens is 270 g/mol. The van der Waals surface area contributed by atoms with Crippen molar-refractivity contribution in [1.82, 2.24) is 9.97 Å². The van der Waals surface area contributed by atoms with Gasteiger partial charge in [0.25, 0.3) is 0 Å². The van der Waals surface area contributed by atoms with E-state index in [1.165, 1.54) is 0 Å². The molecule has 2 aromatic heterocycles. The van der Waals surface area contributed by atoms with Crippen LogP contribution in [0.15, 0.2) is 11.4 Å². The van der Waals surface area contributed by atoms with Crippen molar-refractivity contribution in [2.75, 3.05) is 18.0 Å². The molecule has 1 N–H and O–H groups in total. The van der Waals surface area contributed by atoms with Crippen molar-refractivity contribution in [1.29, 1.82) is 0 Å².